The summed E-state index contributed by atoms with van der Waals surface area (Å²) >= 11 is 0. The lowest BCUT2D eigenvalue weighted by molar-refractivity contribution is 0.208. The highest BCUT2D eigenvalue weighted by Crippen LogP contribution is 2.34. The standard InChI is InChI=1S/C21H24N6O3/c1-29-17-7-5-6-16(20(17)30-2)22-21(28)27-14-12-26(13-15-27)19-9-8-18(23-24-19)25-10-3-4-11-25/h3-11H,12-15H2,1-2H3,(H,22,28). The molecule has 1 aliphatic rings. The fourth-order valence-corrected chi connectivity index (χ4v) is 3.43. The van der Waals surface area contributed by atoms with E-state index in [9.17, 15) is 4.79 Å². The van der Waals surface area contributed by atoms with Crippen molar-refractivity contribution in [3.05, 3.63) is 54.9 Å². The normalized spacial score (nSPS) is 13.8. The Hall–Kier alpha value is -3.75. The Morgan fingerprint density at radius 3 is 2.23 bits per heavy atom. The second kappa shape index (κ2) is 8.73. The number of para-hydroxylation sites is 1. The highest BCUT2D eigenvalue weighted by Gasteiger charge is 2.23. The quantitative estimate of drug-likeness (QED) is 0.699. The Labute approximate surface area is 174 Å². The largest absolute Gasteiger partial charge is 0.493 e. The van der Waals surface area contributed by atoms with Gasteiger partial charge in [0.05, 0.1) is 19.9 Å². The van der Waals surface area contributed by atoms with E-state index in [2.05, 4.69) is 20.4 Å². The molecule has 0 bridgehead atoms. The number of nitrogens with one attached hydrogen (secondary N) is 1. The van der Waals surface area contributed by atoms with E-state index in [1.807, 2.05) is 47.3 Å². The number of aromatic nitrogens is 3. The number of carbonyl (C=O) groups excluding carboxylic acids is 1. The minimum absolute atomic E-state index is 0.171. The van der Waals surface area contributed by atoms with Gasteiger partial charge in [-0.05, 0) is 36.4 Å². The van der Waals surface area contributed by atoms with Crippen molar-refractivity contribution in [1.29, 1.82) is 0 Å². The number of anilines is 2. The van der Waals surface area contributed by atoms with Gasteiger partial charge in [-0.25, -0.2) is 4.79 Å². The molecule has 2 aromatic heterocycles. The zero-order chi connectivity index (χ0) is 20.9. The summed E-state index contributed by atoms with van der Waals surface area (Å²) in [4.78, 5) is 16.6. The van der Waals surface area contributed by atoms with Crippen LogP contribution in [0.2, 0.25) is 0 Å². The van der Waals surface area contributed by atoms with E-state index in [1.165, 1.54) is 0 Å². The highest BCUT2D eigenvalue weighted by atomic mass is 16.5. The van der Waals surface area contributed by atoms with Crippen LogP contribution in [0.4, 0.5) is 16.3 Å². The maximum absolute atomic E-state index is 12.7. The van der Waals surface area contributed by atoms with Crippen molar-refractivity contribution in [3.63, 3.8) is 0 Å². The topological polar surface area (TPSA) is 84.8 Å². The molecule has 0 saturated carbocycles. The third kappa shape index (κ3) is 4.00. The summed E-state index contributed by atoms with van der Waals surface area (Å²) in [5.41, 5.74) is 0.579. The Morgan fingerprint density at radius 2 is 1.60 bits per heavy atom. The number of rotatable bonds is 5. The monoisotopic (exact) mass is 408 g/mol. The lowest BCUT2D eigenvalue weighted by Gasteiger charge is -2.35. The SMILES string of the molecule is COc1cccc(NC(=O)N2CCN(c3ccc(-n4cccc4)nn3)CC2)c1OC. The summed E-state index contributed by atoms with van der Waals surface area (Å²) in [6, 6.07) is 13.0. The zero-order valence-electron chi connectivity index (χ0n) is 17.0. The minimum atomic E-state index is -0.171. The van der Waals surface area contributed by atoms with Gasteiger partial charge in [-0.1, -0.05) is 6.07 Å². The Morgan fingerprint density at radius 1 is 0.900 bits per heavy atom. The summed E-state index contributed by atoms with van der Waals surface area (Å²) in [5, 5.41) is 11.6. The van der Waals surface area contributed by atoms with E-state index in [1.54, 1.807) is 31.3 Å². The molecule has 0 unspecified atom stereocenters. The van der Waals surface area contributed by atoms with E-state index < -0.39 is 0 Å². The van der Waals surface area contributed by atoms with Gasteiger partial charge in [0.25, 0.3) is 0 Å². The molecule has 1 N–H and O–H groups in total. The molecule has 4 rings (SSSR count). The van der Waals surface area contributed by atoms with Crippen LogP contribution < -0.4 is 19.7 Å². The van der Waals surface area contributed by atoms with Crippen molar-refractivity contribution in [2.24, 2.45) is 0 Å². The van der Waals surface area contributed by atoms with Gasteiger partial charge in [0.2, 0.25) is 0 Å². The first-order chi connectivity index (χ1) is 14.7. The van der Waals surface area contributed by atoms with Crippen LogP contribution in [-0.4, -0.2) is 66.1 Å². The third-order valence-electron chi connectivity index (χ3n) is 5.04. The number of hydrogen-bond donors (Lipinski definition) is 1. The summed E-state index contributed by atoms with van der Waals surface area (Å²) < 4.78 is 12.6. The van der Waals surface area contributed by atoms with Gasteiger partial charge in [0.1, 0.15) is 0 Å². The van der Waals surface area contributed by atoms with Gasteiger partial charge in [-0.3, -0.25) is 0 Å². The van der Waals surface area contributed by atoms with Crippen molar-refractivity contribution in [2.45, 2.75) is 0 Å². The summed E-state index contributed by atoms with van der Waals surface area (Å²) in [5.74, 6) is 2.65. The molecule has 1 aromatic carbocycles. The van der Waals surface area contributed by atoms with E-state index in [-0.39, 0.29) is 6.03 Å². The molecule has 0 aliphatic carbocycles. The van der Waals surface area contributed by atoms with Crippen LogP contribution in [-0.2, 0) is 0 Å². The molecule has 9 heteroatoms. The third-order valence-corrected chi connectivity index (χ3v) is 5.04. The van der Waals surface area contributed by atoms with Gasteiger partial charge >= 0.3 is 6.03 Å². The second-order valence-corrected chi connectivity index (χ2v) is 6.79. The number of benzene rings is 1. The molecule has 3 heterocycles. The van der Waals surface area contributed by atoms with Gasteiger partial charge in [0.15, 0.2) is 23.1 Å². The van der Waals surface area contributed by atoms with Crippen LogP contribution in [0.15, 0.2) is 54.9 Å². The number of nitrogens with zero attached hydrogens (tertiary/aromatic N) is 5. The van der Waals surface area contributed by atoms with Crippen LogP contribution >= 0.6 is 0 Å². The first kappa shape index (κ1) is 19.6. The van der Waals surface area contributed by atoms with Crippen LogP contribution in [0.5, 0.6) is 11.5 Å². The van der Waals surface area contributed by atoms with Gasteiger partial charge in [0, 0.05) is 38.6 Å². The Balaban J connectivity index is 1.36. The van der Waals surface area contributed by atoms with E-state index in [0.29, 0.717) is 43.4 Å². The average molecular weight is 408 g/mol. The molecule has 0 radical (unpaired) electrons. The number of hydrogen-bond acceptors (Lipinski definition) is 6. The molecule has 30 heavy (non-hydrogen) atoms. The maximum Gasteiger partial charge on any atom is 0.322 e. The van der Waals surface area contributed by atoms with E-state index in [0.717, 1.165) is 11.6 Å². The van der Waals surface area contributed by atoms with Crippen molar-refractivity contribution < 1.29 is 14.3 Å². The summed E-state index contributed by atoms with van der Waals surface area (Å²) in [6.07, 6.45) is 3.86. The molecule has 1 fully saturated rings. The minimum Gasteiger partial charge on any atom is -0.493 e. The second-order valence-electron chi connectivity index (χ2n) is 6.79. The molecule has 2 amide bonds. The number of carbonyl (C=O) groups is 1. The predicted molar refractivity (Wildman–Crippen MR) is 114 cm³/mol. The number of amides is 2. The van der Waals surface area contributed by atoms with E-state index in [4.69, 9.17) is 9.47 Å². The molecule has 9 nitrogen and oxygen atoms in total. The summed E-state index contributed by atoms with van der Waals surface area (Å²) in [6.45, 7) is 2.53. The number of urea groups is 1. The van der Waals surface area contributed by atoms with Gasteiger partial charge in [-0.15, -0.1) is 10.2 Å². The molecular weight excluding hydrogens is 384 g/mol. The first-order valence-electron chi connectivity index (χ1n) is 9.68. The van der Waals surface area contributed by atoms with E-state index >= 15 is 0 Å². The first-order valence-corrected chi connectivity index (χ1v) is 9.68. The number of methoxy groups -OCH3 is 2. The fourth-order valence-electron chi connectivity index (χ4n) is 3.43. The molecule has 1 aliphatic heterocycles. The molecule has 0 spiro atoms. The fraction of sp³-hybridized carbons (Fsp3) is 0.286. The molecule has 0 atom stereocenters. The average Bonchev–Trinajstić information content (AvgIpc) is 3.34. The lowest BCUT2D eigenvalue weighted by atomic mass is 10.2. The van der Waals surface area contributed by atoms with Crippen molar-refractivity contribution in [3.8, 4) is 17.3 Å². The zero-order valence-corrected chi connectivity index (χ0v) is 17.0. The smallest absolute Gasteiger partial charge is 0.322 e. The molecule has 3 aromatic rings. The lowest BCUT2D eigenvalue weighted by Crippen LogP contribution is -2.50. The molecular formula is C21H24N6O3. The van der Waals surface area contributed by atoms with Crippen molar-refractivity contribution in [2.75, 3.05) is 50.6 Å². The van der Waals surface area contributed by atoms with Crippen molar-refractivity contribution in [1.82, 2.24) is 19.7 Å². The van der Waals surface area contributed by atoms with Crippen LogP contribution in [0.25, 0.3) is 5.82 Å². The van der Waals surface area contributed by atoms with Crippen LogP contribution in [0.1, 0.15) is 0 Å². The number of piperazine rings is 1. The highest BCUT2D eigenvalue weighted by molar-refractivity contribution is 5.91. The van der Waals surface area contributed by atoms with Crippen LogP contribution in [0.3, 0.4) is 0 Å². The maximum atomic E-state index is 12.7. The van der Waals surface area contributed by atoms with Gasteiger partial charge < -0.3 is 29.2 Å². The van der Waals surface area contributed by atoms with Crippen molar-refractivity contribution >= 4 is 17.5 Å². The molecule has 156 valence electrons. The Kier molecular flexibility index (Phi) is 5.69. The molecule has 1 saturated heterocycles. The van der Waals surface area contributed by atoms with Gasteiger partial charge in [-0.2, -0.15) is 0 Å². The number of ether oxygens (including phenoxy) is 2. The Bertz CT molecular complexity index is 982. The predicted octanol–water partition coefficient (Wildman–Crippen LogP) is 2.64. The van der Waals surface area contributed by atoms with Crippen LogP contribution in [0, 0.1) is 0 Å². The summed E-state index contributed by atoms with van der Waals surface area (Å²) in [7, 11) is 3.12.